The Morgan fingerprint density at radius 2 is 1.16 bits per heavy atom. The highest BCUT2D eigenvalue weighted by Gasteiger charge is 2.39. The van der Waals surface area contributed by atoms with Gasteiger partial charge in [-0.05, 0) is 157 Å². The van der Waals surface area contributed by atoms with Crippen LogP contribution in [0.4, 0.5) is 21.0 Å². The van der Waals surface area contributed by atoms with Crippen molar-refractivity contribution in [1.82, 2.24) is 13.8 Å². The summed E-state index contributed by atoms with van der Waals surface area (Å²) in [5, 5.41) is 3.18. The monoisotopic (exact) mass is 1250 g/mol. The van der Waals surface area contributed by atoms with Gasteiger partial charge in [-0.1, -0.05) is 65.8 Å². The standard InChI is InChI=1S/C67H89N5O16S/c1-63(2,3)51-39-52(64(4,5)6)56(40-53(51)68-59(75)50-41-71(61(77)87-66(10,11)12)54-19-17-16-18-48(54)58(50)74)85-37-35-83-33-31-81-30-32-82-34-36-84-46-22-20-44(21-23-46)45-26-28-70(29-27-45)89(79,80)47-24-25-49-55(38-47)72(62(78)88-67(13,14)15)43-69(60(49)76)42-57(73)86-65(7,8)9/h16-25,38-41,45H,26-37,42-43H2,1-15H3,(H,68,75). The molecular weight excluding hydrogens is 1160 g/mol. The number of nitrogens with one attached hydrogen (secondary N) is 1. The molecule has 0 radical (unpaired) electrons. The summed E-state index contributed by atoms with van der Waals surface area (Å²) in [4.78, 5) is 83.5. The highest BCUT2D eigenvalue weighted by molar-refractivity contribution is 7.89. The highest BCUT2D eigenvalue weighted by Crippen LogP contribution is 2.41. The first-order valence-corrected chi connectivity index (χ1v) is 31.6. The van der Waals surface area contributed by atoms with E-state index in [0.29, 0.717) is 75.2 Å². The second-order valence-corrected chi connectivity index (χ2v) is 29.1. The summed E-state index contributed by atoms with van der Waals surface area (Å²) >= 11 is 0. The Hall–Kier alpha value is -7.37. The zero-order chi connectivity index (χ0) is 65.4. The van der Waals surface area contributed by atoms with Crippen LogP contribution in [0.1, 0.15) is 160 Å². The van der Waals surface area contributed by atoms with Crippen molar-refractivity contribution in [2.75, 3.05) is 89.4 Å². The molecule has 5 aromatic rings. The number of anilines is 2. The molecule has 484 valence electrons. The minimum Gasteiger partial charge on any atom is -0.491 e. The van der Waals surface area contributed by atoms with Crippen LogP contribution in [-0.4, -0.2) is 148 Å². The average Bonchev–Trinajstić information content (AvgIpc) is 0.898. The maximum absolute atomic E-state index is 14.1. The van der Waals surface area contributed by atoms with Gasteiger partial charge in [0.2, 0.25) is 15.5 Å². The van der Waals surface area contributed by atoms with Gasteiger partial charge in [-0.3, -0.25) is 28.6 Å². The van der Waals surface area contributed by atoms with Crippen LogP contribution in [-0.2, 0) is 54.1 Å². The lowest BCUT2D eigenvalue weighted by Crippen LogP contribution is -2.52. The topological polar surface area (TPSA) is 237 Å². The van der Waals surface area contributed by atoms with Crippen LogP contribution < -0.4 is 25.1 Å². The van der Waals surface area contributed by atoms with E-state index in [0.717, 1.165) is 16.7 Å². The van der Waals surface area contributed by atoms with E-state index in [1.807, 2.05) is 51.1 Å². The molecule has 1 aromatic heterocycles. The van der Waals surface area contributed by atoms with Gasteiger partial charge in [0.05, 0.1) is 61.3 Å². The second kappa shape index (κ2) is 28.2. The van der Waals surface area contributed by atoms with E-state index >= 15 is 0 Å². The molecule has 0 unspecified atom stereocenters. The van der Waals surface area contributed by atoms with Crippen molar-refractivity contribution in [3.63, 3.8) is 0 Å². The van der Waals surface area contributed by atoms with Crippen LogP contribution in [0.3, 0.4) is 0 Å². The third-order valence-corrected chi connectivity index (χ3v) is 16.2. The average molecular weight is 1250 g/mol. The van der Waals surface area contributed by atoms with Crippen LogP contribution in [0.15, 0.2) is 94.7 Å². The first kappa shape index (κ1) is 69.1. The van der Waals surface area contributed by atoms with Crippen LogP contribution >= 0.6 is 0 Å². The summed E-state index contributed by atoms with van der Waals surface area (Å²) in [6.07, 6.45) is 0.857. The fourth-order valence-electron chi connectivity index (χ4n) is 10.2. The number of ether oxygens (including phenoxy) is 8. The van der Waals surface area contributed by atoms with E-state index < -0.39 is 74.2 Å². The number of amides is 3. The van der Waals surface area contributed by atoms with Gasteiger partial charge in [0.25, 0.3) is 11.8 Å². The Kier molecular flexibility index (Phi) is 21.9. The number of benzene rings is 4. The molecule has 89 heavy (non-hydrogen) atoms. The number of hydrogen-bond acceptors (Lipinski definition) is 16. The van der Waals surface area contributed by atoms with E-state index in [-0.39, 0.29) is 71.4 Å². The minimum absolute atomic E-state index is 0.0491. The molecule has 0 spiro atoms. The number of nitrogens with zero attached hydrogens (tertiary/aromatic N) is 4. The highest BCUT2D eigenvalue weighted by atomic mass is 32.2. The summed E-state index contributed by atoms with van der Waals surface area (Å²) in [6, 6.07) is 22.2. The predicted octanol–water partition coefficient (Wildman–Crippen LogP) is 11.2. The molecule has 1 N–H and O–H groups in total. The summed E-state index contributed by atoms with van der Waals surface area (Å²) in [5.74, 6) is -0.571. The first-order valence-electron chi connectivity index (χ1n) is 30.1. The van der Waals surface area contributed by atoms with Crippen molar-refractivity contribution >= 4 is 62.3 Å². The number of piperidine rings is 1. The minimum atomic E-state index is -4.04. The number of aromatic nitrogens is 1. The molecular formula is C67H89N5O16S. The predicted molar refractivity (Wildman–Crippen MR) is 339 cm³/mol. The quantitative estimate of drug-likeness (QED) is 0.0408. The van der Waals surface area contributed by atoms with Crippen LogP contribution in [0.5, 0.6) is 11.5 Å². The number of pyridine rings is 1. The van der Waals surface area contributed by atoms with Crippen molar-refractivity contribution < 1.29 is 70.3 Å². The van der Waals surface area contributed by atoms with Crippen LogP contribution in [0, 0.1) is 0 Å². The fraction of sp³-hybridized carbons (Fsp3) is 0.522. The van der Waals surface area contributed by atoms with E-state index in [1.165, 1.54) is 43.1 Å². The Balaban J connectivity index is 0.827. The Labute approximate surface area is 523 Å². The molecule has 0 saturated carbocycles. The lowest BCUT2D eigenvalue weighted by atomic mass is 9.79. The number of fused-ring (bicyclic) bond motifs is 2. The van der Waals surface area contributed by atoms with Gasteiger partial charge in [0.15, 0.2) is 0 Å². The van der Waals surface area contributed by atoms with E-state index in [9.17, 15) is 37.2 Å². The van der Waals surface area contributed by atoms with Gasteiger partial charge < -0.3 is 48.1 Å². The molecule has 2 aliphatic heterocycles. The van der Waals surface area contributed by atoms with Crippen molar-refractivity contribution in [2.24, 2.45) is 0 Å². The molecule has 0 atom stereocenters. The van der Waals surface area contributed by atoms with Gasteiger partial charge in [0, 0.05) is 36.4 Å². The van der Waals surface area contributed by atoms with Crippen molar-refractivity contribution in [3.8, 4) is 11.5 Å². The molecule has 21 nitrogen and oxygen atoms in total. The largest absolute Gasteiger partial charge is 0.491 e. The molecule has 7 rings (SSSR count). The molecule has 1 fully saturated rings. The third-order valence-electron chi connectivity index (χ3n) is 14.3. The number of esters is 1. The number of carbonyl (C=O) groups is 5. The van der Waals surface area contributed by atoms with Crippen molar-refractivity contribution in [2.45, 2.75) is 155 Å². The zero-order valence-electron chi connectivity index (χ0n) is 54.3. The first-order chi connectivity index (χ1) is 41.5. The van der Waals surface area contributed by atoms with E-state index in [1.54, 1.807) is 92.6 Å². The maximum Gasteiger partial charge on any atom is 0.419 e. The number of rotatable bonds is 21. The normalized spacial score (nSPS) is 14.8. The smallest absolute Gasteiger partial charge is 0.419 e. The number of para-hydroxylation sites is 1. The molecule has 2 aliphatic rings. The van der Waals surface area contributed by atoms with E-state index in [2.05, 4.69) is 26.1 Å². The van der Waals surface area contributed by atoms with Gasteiger partial charge in [-0.15, -0.1) is 0 Å². The van der Waals surface area contributed by atoms with Crippen LogP contribution in [0.25, 0.3) is 10.9 Å². The second-order valence-electron chi connectivity index (χ2n) is 27.2. The Morgan fingerprint density at radius 3 is 1.73 bits per heavy atom. The molecule has 0 bridgehead atoms. The van der Waals surface area contributed by atoms with Gasteiger partial charge in [-0.2, -0.15) is 4.31 Å². The van der Waals surface area contributed by atoms with Gasteiger partial charge >= 0.3 is 18.2 Å². The lowest BCUT2D eigenvalue weighted by Gasteiger charge is -2.37. The Bertz CT molecular complexity index is 3540. The number of hydrogen-bond donors (Lipinski definition) is 1. The summed E-state index contributed by atoms with van der Waals surface area (Å²) < 4.78 is 77.1. The fourth-order valence-corrected chi connectivity index (χ4v) is 11.7. The van der Waals surface area contributed by atoms with Crippen molar-refractivity contribution in [3.05, 3.63) is 123 Å². The summed E-state index contributed by atoms with van der Waals surface area (Å²) in [7, 11) is -4.04. The molecule has 3 amide bonds. The van der Waals surface area contributed by atoms with Crippen LogP contribution in [0.2, 0.25) is 0 Å². The summed E-state index contributed by atoms with van der Waals surface area (Å²) in [5.41, 5.74) is -0.316. The lowest BCUT2D eigenvalue weighted by molar-refractivity contribution is -0.155. The van der Waals surface area contributed by atoms with E-state index in [4.69, 9.17) is 37.9 Å². The number of sulfonamides is 1. The number of carbonyl (C=O) groups excluding carboxylic acids is 5. The third kappa shape index (κ3) is 18.6. The molecule has 3 heterocycles. The molecule has 1 saturated heterocycles. The Morgan fingerprint density at radius 1 is 0.607 bits per heavy atom. The molecule has 0 aliphatic carbocycles. The maximum atomic E-state index is 14.1. The summed E-state index contributed by atoms with van der Waals surface area (Å²) in [6.45, 7) is 30.0. The van der Waals surface area contributed by atoms with Crippen molar-refractivity contribution in [1.29, 1.82) is 0 Å². The zero-order valence-corrected chi connectivity index (χ0v) is 55.1. The van der Waals surface area contributed by atoms with Gasteiger partial charge in [-0.25, -0.2) is 18.0 Å². The molecule has 22 heteroatoms. The molecule has 4 aromatic carbocycles. The van der Waals surface area contributed by atoms with Gasteiger partial charge in [0.1, 0.15) is 60.3 Å². The SMILES string of the molecule is CC(C)(C)OC(=O)CN1CN(C(=O)OC(C)(C)C)c2cc(S(=O)(=O)N3CCC(c4ccc(OCCOCCOCCOCCOc5cc(NC(=O)c6cn(C(=O)OC(C)(C)C)c7ccccc7c6=O)c(C(C)(C)C)cc5C(C)(C)C)cc4)CC3)ccc2C1=O.